The van der Waals surface area contributed by atoms with E-state index in [0.717, 1.165) is 21.3 Å². The molecule has 158 valence electrons. The van der Waals surface area contributed by atoms with Gasteiger partial charge in [-0.2, -0.15) is 5.10 Å². The van der Waals surface area contributed by atoms with E-state index in [1.165, 1.54) is 12.3 Å². The number of rotatable bonds is 6. The van der Waals surface area contributed by atoms with E-state index in [4.69, 9.17) is 4.98 Å². The lowest BCUT2D eigenvalue weighted by Crippen LogP contribution is -2.12. The van der Waals surface area contributed by atoms with Crippen LogP contribution in [0.3, 0.4) is 0 Å². The monoisotopic (exact) mass is 487 g/mol. The maximum Gasteiger partial charge on any atom is 0.278 e. The Balaban J connectivity index is 1.75. The molecule has 3 aromatic carbocycles. The van der Waals surface area contributed by atoms with Crippen LogP contribution in [0.4, 0.5) is 11.5 Å². The van der Waals surface area contributed by atoms with E-state index >= 15 is 0 Å². The first-order chi connectivity index (χ1) is 15.5. The molecule has 0 radical (unpaired) electrons. The van der Waals surface area contributed by atoms with Gasteiger partial charge >= 0.3 is 0 Å². The van der Waals surface area contributed by atoms with Gasteiger partial charge in [-0.1, -0.05) is 70.5 Å². The SMILES string of the molecule is CN(N=Cc1ccccc1[N+](=O)[O-])c1cc(-c2ccccc2)nc(-c2ccc(Br)cc2)n1. The number of para-hydroxylation sites is 1. The van der Waals surface area contributed by atoms with Gasteiger partial charge in [0.2, 0.25) is 0 Å². The normalized spacial score (nSPS) is 10.9. The standard InChI is InChI=1S/C24H18BrN5O2/c1-29(26-16-19-9-5-6-10-22(19)30(31)32)23-15-21(17-7-3-2-4-8-17)27-24(28-23)18-11-13-20(25)14-12-18/h2-16H,1H3. The Bertz CT molecular complexity index is 1280. The maximum absolute atomic E-state index is 11.3. The number of anilines is 1. The zero-order valence-corrected chi connectivity index (χ0v) is 18.7. The van der Waals surface area contributed by atoms with E-state index in [2.05, 4.69) is 26.0 Å². The van der Waals surface area contributed by atoms with E-state index in [9.17, 15) is 10.1 Å². The summed E-state index contributed by atoms with van der Waals surface area (Å²) in [6.45, 7) is 0. The highest BCUT2D eigenvalue weighted by molar-refractivity contribution is 9.10. The predicted molar refractivity (Wildman–Crippen MR) is 130 cm³/mol. The summed E-state index contributed by atoms with van der Waals surface area (Å²) in [5.41, 5.74) is 2.97. The lowest BCUT2D eigenvalue weighted by atomic mass is 10.1. The Kier molecular flexibility index (Phi) is 6.32. The van der Waals surface area contributed by atoms with Crippen LogP contribution in [0.2, 0.25) is 0 Å². The number of hydrogen-bond donors (Lipinski definition) is 0. The second kappa shape index (κ2) is 9.49. The zero-order chi connectivity index (χ0) is 22.5. The summed E-state index contributed by atoms with van der Waals surface area (Å²) in [4.78, 5) is 20.3. The van der Waals surface area contributed by atoms with Gasteiger partial charge in [0.15, 0.2) is 11.6 Å². The van der Waals surface area contributed by atoms with Gasteiger partial charge in [0.05, 0.1) is 22.4 Å². The lowest BCUT2D eigenvalue weighted by molar-refractivity contribution is -0.385. The number of hydrogen-bond acceptors (Lipinski definition) is 6. The minimum atomic E-state index is -0.425. The molecule has 0 atom stereocenters. The fourth-order valence-corrected chi connectivity index (χ4v) is 3.32. The fraction of sp³-hybridized carbons (Fsp3) is 0.0417. The highest BCUT2D eigenvalue weighted by atomic mass is 79.9. The number of nitro groups is 1. The largest absolute Gasteiger partial charge is 0.278 e. The first-order valence-electron chi connectivity index (χ1n) is 9.73. The van der Waals surface area contributed by atoms with Crippen LogP contribution >= 0.6 is 15.9 Å². The fourth-order valence-electron chi connectivity index (χ4n) is 3.06. The van der Waals surface area contributed by atoms with Crippen molar-refractivity contribution in [2.45, 2.75) is 0 Å². The summed E-state index contributed by atoms with van der Waals surface area (Å²) in [6.07, 6.45) is 1.46. The zero-order valence-electron chi connectivity index (χ0n) is 17.1. The molecule has 4 aromatic rings. The highest BCUT2D eigenvalue weighted by Gasteiger charge is 2.13. The van der Waals surface area contributed by atoms with Crippen LogP contribution in [0.15, 0.2) is 94.5 Å². The third-order valence-corrected chi connectivity index (χ3v) is 5.25. The third-order valence-electron chi connectivity index (χ3n) is 4.72. The van der Waals surface area contributed by atoms with Gasteiger partial charge in [0.1, 0.15) is 0 Å². The molecule has 0 aliphatic heterocycles. The van der Waals surface area contributed by atoms with Crippen LogP contribution in [-0.2, 0) is 0 Å². The molecule has 0 saturated carbocycles. The Hall–Kier alpha value is -3.91. The summed E-state index contributed by atoms with van der Waals surface area (Å²) in [5.74, 6) is 1.12. The number of nitro benzene ring substituents is 1. The lowest BCUT2D eigenvalue weighted by Gasteiger charge is -2.15. The van der Waals surface area contributed by atoms with E-state index in [-0.39, 0.29) is 5.69 Å². The molecule has 0 bridgehead atoms. The molecule has 1 aromatic heterocycles. The van der Waals surface area contributed by atoms with Crippen molar-refractivity contribution in [2.75, 3.05) is 12.1 Å². The Labute approximate surface area is 193 Å². The van der Waals surface area contributed by atoms with Gasteiger partial charge in [-0.05, 0) is 18.2 Å². The number of hydrazone groups is 1. The molecule has 0 unspecified atom stereocenters. The average Bonchev–Trinajstić information content (AvgIpc) is 2.83. The Morgan fingerprint density at radius 1 is 0.938 bits per heavy atom. The summed E-state index contributed by atoms with van der Waals surface area (Å²) in [7, 11) is 1.74. The Morgan fingerprint density at radius 2 is 1.62 bits per heavy atom. The van der Waals surface area contributed by atoms with Gasteiger partial charge < -0.3 is 0 Å². The van der Waals surface area contributed by atoms with Crippen molar-refractivity contribution in [3.05, 3.63) is 105 Å². The van der Waals surface area contributed by atoms with E-state index in [1.807, 2.05) is 60.7 Å². The van der Waals surface area contributed by atoms with Crippen molar-refractivity contribution in [2.24, 2.45) is 5.10 Å². The second-order valence-corrected chi connectivity index (χ2v) is 7.81. The molecule has 0 aliphatic carbocycles. The Morgan fingerprint density at radius 3 is 2.34 bits per heavy atom. The van der Waals surface area contributed by atoms with Crippen LogP contribution in [0.5, 0.6) is 0 Å². The summed E-state index contributed by atoms with van der Waals surface area (Å²) in [5, 5.41) is 17.2. The molecular formula is C24H18BrN5O2. The van der Waals surface area contributed by atoms with Crippen LogP contribution in [0.25, 0.3) is 22.6 Å². The number of halogens is 1. The maximum atomic E-state index is 11.3. The van der Waals surface area contributed by atoms with Gasteiger partial charge in [0, 0.05) is 34.8 Å². The molecule has 0 saturated heterocycles. The molecule has 0 aliphatic rings. The van der Waals surface area contributed by atoms with Crippen LogP contribution in [0, 0.1) is 10.1 Å². The summed E-state index contributed by atoms with van der Waals surface area (Å²) in [6, 6.07) is 25.9. The number of benzene rings is 3. The van der Waals surface area contributed by atoms with Crippen molar-refractivity contribution in [3.8, 4) is 22.6 Å². The smallest absolute Gasteiger partial charge is 0.258 e. The first-order valence-corrected chi connectivity index (χ1v) is 10.5. The van der Waals surface area contributed by atoms with Crippen molar-refractivity contribution in [1.29, 1.82) is 0 Å². The molecule has 32 heavy (non-hydrogen) atoms. The molecule has 0 fully saturated rings. The van der Waals surface area contributed by atoms with E-state index in [1.54, 1.807) is 30.3 Å². The molecule has 1 heterocycles. The van der Waals surface area contributed by atoms with Crippen molar-refractivity contribution < 1.29 is 4.92 Å². The molecule has 0 N–H and O–H groups in total. The first kappa shape index (κ1) is 21.3. The molecule has 0 spiro atoms. The number of nitrogens with zero attached hydrogens (tertiary/aromatic N) is 5. The minimum absolute atomic E-state index is 0.00661. The third kappa shape index (κ3) is 4.87. The van der Waals surface area contributed by atoms with Gasteiger partial charge in [0.25, 0.3) is 5.69 Å². The molecule has 4 rings (SSSR count). The molecule has 7 nitrogen and oxygen atoms in total. The van der Waals surface area contributed by atoms with E-state index in [0.29, 0.717) is 17.2 Å². The van der Waals surface area contributed by atoms with Crippen molar-refractivity contribution in [1.82, 2.24) is 9.97 Å². The van der Waals surface area contributed by atoms with Crippen LogP contribution in [-0.4, -0.2) is 28.2 Å². The quantitative estimate of drug-likeness (QED) is 0.190. The van der Waals surface area contributed by atoms with Gasteiger partial charge in [-0.15, -0.1) is 0 Å². The van der Waals surface area contributed by atoms with E-state index < -0.39 is 4.92 Å². The molecular weight excluding hydrogens is 470 g/mol. The summed E-state index contributed by atoms with van der Waals surface area (Å²) < 4.78 is 0.965. The van der Waals surface area contributed by atoms with Crippen LogP contribution < -0.4 is 5.01 Å². The van der Waals surface area contributed by atoms with Crippen molar-refractivity contribution >= 4 is 33.6 Å². The number of aromatic nitrogens is 2. The van der Waals surface area contributed by atoms with Gasteiger partial charge in [-0.3, -0.25) is 15.1 Å². The summed E-state index contributed by atoms with van der Waals surface area (Å²) >= 11 is 3.45. The van der Waals surface area contributed by atoms with Crippen molar-refractivity contribution in [3.63, 3.8) is 0 Å². The van der Waals surface area contributed by atoms with Gasteiger partial charge in [-0.25, -0.2) is 9.97 Å². The minimum Gasteiger partial charge on any atom is -0.258 e. The molecule has 8 heteroatoms. The van der Waals surface area contributed by atoms with Crippen LogP contribution in [0.1, 0.15) is 5.56 Å². The molecule has 0 amide bonds. The average molecular weight is 488 g/mol. The topological polar surface area (TPSA) is 84.5 Å². The second-order valence-electron chi connectivity index (χ2n) is 6.89. The highest BCUT2D eigenvalue weighted by Crippen LogP contribution is 2.27. The predicted octanol–water partition coefficient (Wildman–Crippen LogP) is 5.95.